The Morgan fingerprint density at radius 3 is 1.00 bits per heavy atom. The first kappa shape index (κ1) is 43.5. The molecule has 0 amide bonds. The van der Waals surface area contributed by atoms with Crippen molar-refractivity contribution in [1.29, 1.82) is 0 Å². The van der Waals surface area contributed by atoms with E-state index >= 15 is 0 Å². The molecular formula is C73H41N5O2. The molecule has 370 valence electrons. The SMILES string of the molecule is c1ccc2c(c1)-c1ccccc1C21c2ccccc2-c2cc(-c3nc(-c4cc(-c5nc6ccccc6o5)cc(-c5nc6ccccc6o5)c4)nc(-c4ccc5c(c4)C4(c6ccccc6-c6ccccc64)c4ccccc4-5)n3)ccc21. The van der Waals surface area contributed by atoms with Crippen LogP contribution < -0.4 is 0 Å². The van der Waals surface area contributed by atoms with Gasteiger partial charge in [0.1, 0.15) is 11.0 Å². The number of para-hydroxylation sites is 4. The number of benzene rings is 11. The van der Waals surface area contributed by atoms with E-state index in [1.807, 2.05) is 54.6 Å². The van der Waals surface area contributed by atoms with Crippen LogP contribution in [0.2, 0.25) is 0 Å². The molecule has 0 N–H and O–H groups in total. The van der Waals surface area contributed by atoms with E-state index in [0.717, 1.165) is 44.4 Å². The van der Waals surface area contributed by atoms with E-state index < -0.39 is 10.8 Å². The Kier molecular flexibility index (Phi) is 8.68. The summed E-state index contributed by atoms with van der Waals surface area (Å²) in [5.41, 5.74) is 25.7. The second-order valence-corrected chi connectivity index (χ2v) is 21.4. The van der Waals surface area contributed by atoms with Crippen LogP contribution in [0.15, 0.2) is 258 Å². The molecule has 18 rings (SSSR count). The van der Waals surface area contributed by atoms with Crippen molar-refractivity contribution >= 4 is 22.2 Å². The molecule has 0 saturated heterocycles. The van der Waals surface area contributed by atoms with Crippen molar-refractivity contribution in [1.82, 2.24) is 24.9 Å². The summed E-state index contributed by atoms with van der Waals surface area (Å²) in [5.74, 6) is 2.49. The monoisotopic (exact) mass is 1020 g/mol. The Morgan fingerprint density at radius 1 is 0.225 bits per heavy atom. The van der Waals surface area contributed by atoms with Crippen LogP contribution in [0, 0.1) is 0 Å². The fourth-order valence-corrected chi connectivity index (χ4v) is 14.2. The number of hydrogen-bond donors (Lipinski definition) is 0. The quantitative estimate of drug-likeness (QED) is 0.170. The largest absolute Gasteiger partial charge is 0.436 e. The minimum atomic E-state index is -0.559. The van der Waals surface area contributed by atoms with E-state index in [0.29, 0.717) is 40.4 Å². The summed E-state index contributed by atoms with van der Waals surface area (Å²) in [7, 11) is 0. The predicted octanol–water partition coefficient (Wildman–Crippen LogP) is 17.2. The molecule has 0 aliphatic heterocycles. The van der Waals surface area contributed by atoms with E-state index in [9.17, 15) is 0 Å². The second kappa shape index (κ2) is 16.0. The third-order valence-corrected chi connectivity index (χ3v) is 17.4. The Labute approximate surface area is 459 Å². The molecule has 4 aliphatic carbocycles. The smallest absolute Gasteiger partial charge is 0.227 e. The molecule has 7 nitrogen and oxygen atoms in total. The molecule has 0 radical (unpaired) electrons. The zero-order valence-electron chi connectivity index (χ0n) is 42.7. The Hall–Kier alpha value is -10.6. The third kappa shape index (κ3) is 5.74. The summed E-state index contributed by atoms with van der Waals surface area (Å²) < 4.78 is 13.0. The highest BCUT2D eigenvalue weighted by Gasteiger charge is 2.53. The normalized spacial score (nSPS) is 13.9. The first-order valence-electron chi connectivity index (χ1n) is 27.1. The Bertz CT molecular complexity index is 4740. The number of fused-ring (bicyclic) bond motifs is 22. The highest BCUT2D eigenvalue weighted by atomic mass is 16.4. The molecule has 14 aromatic rings. The summed E-state index contributed by atoms with van der Waals surface area (Å²) in [6, 6.07) is 88.8. The lowest BCUT2D eigenvalue weighted by atomic mass is 9.70. The number of aromatic nitrogens is 5. The maximum atomic E-state index is 6.49. The molecule has 0 fully saturated rings. The van der Waals surface area contributed by atoms with Crippen molar-refractivity contribution in [3.8, 4) is 102 Å². The molecule has 7 heteroatoms. The summed E-state index contributed by atoms with van der Waals surface area (Å²) in [5, 5.41) is 0. The summed E-state index contributed by atoms with van der Waals surface area (Å²) in [6.45, 7) is 0. The van der Waals surface area contributed by atoms with Crippen LogP contribution in [-0.2, 0) is 10.8 Å². The zero-order valence-corrected chi connectivity index (χ0v) is 42.7. The highest BCUT2D eigenvalue weighted by molar-refractivity contribution is 5.98. The summed E-state index contributed by atoms with van der Waals surface area (Å²) >= 11 is 0. The third-order valence-electron chi connectivity index (χ3n) is 17.4. The van der Waals surface area contributed by atoms with Crippen molar-refractivity contribution in [2.45, 2.75) is 10.8 Å². The molecule has 0 saturated carbocycles. The van der Waals surface area contributed by atoms with E-state index in [4.69, 9.17) is 33.8 Å². The summed E-state index contributed by atoms with van der Waals surface area (Å²) in [4.78, 5) is 26.6. The van der Waals surface area contributed by atoms with E-state index in [1.165, 1.54) is 83.5 Å². The van der Waals surface area contributed by atoms with Gasteiger partial charge >= 0.3 is 0 Å². The van der Waals surface area contributed by atoms with Gasteiger partial charge in [-0.25, -0.2) is 24.9 Å². The van der Waals surface area contributed by atoms with Gasteiger partial charge in [0.15, 0.2) is 28.6 Å². The topological polar surface area (TPSA) is 90.7 Å². The van der Waals surface area contributed by atoms with Gasteiger partial charge in [0, 0.05) is 27.8 Å². The van der Waals surface area contributed by atoms with Crippen LogP contribution in [0.3, 0.4) is 0 Å². The number of oxazole rings is 2. The molecule has 11 aromatic carbocycles. The summed E-state index contributed by atoms with van der Waals surface area (Å²) in [6.07, 6.45) is 0. The standard InChI is InChI=1S/C73H41N5O2/c1-7-23-55-47(17-1)48-18-2-8-24-56(48)72(55)60-28-12-6-22-52(60)54-40-42(34-36-61(54)72)67-76-68(43-33-35-53-51-21-5-11-27-59(51)73(62(53)41-43)57-25-9-3-19-49(57)50-20-4-10-26-58(50)73)78-69(77-67)44-37-45(70-74-63-29-13-15-31-65(63)79-70)39-46(38-44)71-75-64-30-14-16-32-66(64)80-71/h1-41H. The van der Waals surface area contributed by atoms with Crippen molar-refractivity contribution in [3.63, 3.8) is 0 Å². The molecule has 0 unspecified atom stereocenters. The Morgan fingerprint density at radius 2 is 0.550 bits per heavy atom. The van der Waals surface area contributed by atoms with Gasteiger partial charge in [0.2, 0.25) is 11.8 Å². The average Bonchev–Trinajstić information content (AvgIpc) is 3.31. The minimum absolute atomic E-state index is 0.460. The zero-order chi connectivity index (χ0) is 52.3. The van der Waals surface area contributed by atoms with Crippen molar-refractivity contribution in [2.24, 2.45) is 0 Å². The fourth-order valence-electron chi connectivity index (χ4n) is 14.2. The van der Waals surface area contributed by atoms with Crippen LogP contribution in [0.1, 0.15) is 44.5 Å². The lowest BCUT2D eigenvalue weighted by Gasteiger charge is -2.30. The molecule has 3 aromatic heterocycles. The molecule has 0 atom stereocenters. The van der Waals surface area contributed by atoms with E-state index in [1.54, 1.807) is 0 Å². The van der Waals surface area contributed by atoms with E-state index in [2.05, 4.69) is 194 Å². The van der Waals surface area contributed by atoms with Crippen LogP contribution in [-0.4, -0.2) is 24.9 Å². The van der Waals surface area contributed by atoms with Crippen molar-refractivity contribution in [3.05, 3.63) is 293 Å². The van der Waals surface area contributed by atoms with Gasteiger partial charge in [-0.05, 0) is 144 Å². The highest BCUT2D eigenvalue weighted by Crippen LogP contribution is 2.65. The van der Waals surface area contributed by atoms with Gasteiger partial charge in [-0.3, -0.25) is 0 Å². The Balaban J connectivity index is 0.885. The average molecular weight is 1020 g/mol. The molecule has 3 heterocycles. The molecule has 2 spiro atoms. The molecule has 0 bridgehead atoms. The van der Waals surface area contributed by atoms with E-state index in [-0.39, 0.29) is 0 Å². The lowest BCUT2D eigenvalue weighted by molar-refractivity contribution is 0.617. The fraction of sp³-hybridized carbons (Fsp3) is 0.0274. The van der Waals surface area contributed by atoms with Crippen molar-refractivity contribution in [2.75, 3.05) is 0 Å². The van der Waals surface area contributed by atoms with Gasteiger partial charge in [-0.1, -0.05) is 194 Å². The maximum absolute atomic E-state index is 6.49. The van der Waals surface area contributed by atoms with Crippen LogP contribution in [0.4, 0.5) is 0 Å². The minimum Gasteiger partial charge on any atom is -0.436 e. The first-order chi connectivity index (χ1) is 39.6. The van der Waals surface area contributed by atoms with Gasteiger partial charge in [0.25, 0.3) is 0 Å². The van der Waals surface area contributed by atoms with Crippen molar-refractivity contribution < 1.29 is 8.83 Å². The van der Waals surface area contributed by atoms with Gasteiger partial charge in [-0.15, -0.1) is 0 Å². The molecular weight excluding hydrogens is 979 g/mol. The van der Waals surface area contributed by atoms with Crippen LogP contribution in [0.25, 0.3) is 124 Å². The lowest BCUT2D eigenvalue weighted by Crippen LogP contribution is -2.25. The van der Waals surface area contributed by atoms with Gasteiger partial charge in [0.05, 0.1) is 10.8 Å². The molecule has 4 aliphatic rings. The van der Waals surface area contributed by atoms with Gasteiger partial charge in [-0.2, -0.15) is 0 Å². The van der Waals surface area contributed by atoms with Crippen LogP contribution in [0.5, 0.6) is 0 Å². The number of rotatable bonds is 5. The number of hydrogen-bond acceptors (Lipinski definition) is 7. The van der Waals surface area contributed by atoms with Crippen LogP contribution >= 0.6 is 0 Å². The van der Waals surface area contributed by atoms with Gasteiger partial charge < -0.3 is 8.83 Å². The number of nitrogens with zero attached hydrogens (tertiary/aromatic N) is 5. The second-order valence-electron chi connectivity index (χ2n) is 21.4. The maximum Gasteiger partial charge on any atom is 0.227 e. The molecule has 80 heavy (non-hydrogen) atoms. The predicted molar refractivity (Wildman–Crippen MR) is 315 cm³/mol. The first-order valence-corrected chi connectivity index (χ1v) is 27.1.